The van der Waals surface area contributed by atoms with Crippen molar-refractivity contribution in [1.29, 1.82) is 0 Å². The summed E-state index contributed by atoms with van der Waals surface area (Å²) in [6, 6.07) is 17.8. The van der Waals surface area contributed by atoms with E-state index in [9.17, 15) is 9.59 Å². The van der Waals surface area contributed by atoms with E-state index in [4.69, 9.17) is 4.98 Å². The van der Waals surface area contributed by atoms with Gasteiger partial charge in [-0.2, -0.15) is 4.68 Å². The largest absolute Gasteiger partial charge is 0.337 e. The lowest BCUT2D eigenvalue weighted by molar-refractivity contribution is -0.131. The first-order valence-corrected chi connectivity index (χ1v) is 13.6. The minimum Gasteiger partial charge on any atom is -0.337 e. The van der Waals surface area contributed by atoms with Crippen molar-refractivity contribution in [2.24, 2.45) is 0 Å². The zero-order valence-electron chi connectivity index (χ0n) is 20.4. The van der Waals surface area contributed by atoms with Crippen molar-refractivity contribution in [3.8, 4) is 17.1 Å². The molecule has 4 aliphatic heterocycles. The summed E-state index contributed by atoms with van der Waals surface area (Å²) in [5.41, 5.74) is 4.78. The summed E-state index contributed by atoms with van der Waals surface area (Å²) in [6.07, 6.45) is 4.87. The highest BCUT2D eigenvalue weighted by atomic mass is 32.2. The second-order valence-electron chi connectivity index (χ2n) is 9.59. The Balaban J connectivity index is 1.34. The summed E-state index contributed by atoms with van der Waals surface area (Å²) >= 11 is 1.49. The second kappa shape index (κ2) is 9.58. The smallest absolute Gasteiger partial charge is 0.284 e. The first-order valence-electron chi connectivity index (χ1n) is 12.7. The van der Waals surface area contributed by atoms with E-state index in [2.05, 4.69) is 27.9 Å². The van der Waals surface area contributed by atoms with Crippen molar-refractivity contribution in [1.82, 2.24) is 24.2 Å². The lowest BCUT2D eigenvalue weighted by atomic mass is 10.00. The maximum absolute atomic E-state index is 13.5. The van der Waals surface area contributed by atoms with Crippen molar-refractivity contribution < 1.29 is 4.79 Å². The monoisotopic (exact) mass is 499 g/mol. The van der Waals surface area contributed by atoms with Crippen LogP contribution in [-0.4, -0.2) is 41.9 Å². The predicted octanol–water partition coefficient (Wildman–Crippen LogP) is 4.33. The lowest BCUT2D eigenvalue weighted by Crippen LogP contribution is -2.40. The van der Waals surface area contributed by atoms with Crippen LogP contribution in [0.3, 0.4) is 0 Å². The van der Waals surface area contributed by atoms with Crippen molar-refractivity contribution in [2.45, 2.75) is 62.5 Å². The van der Waals surface area contributed by atoms with Crippen LogP contribution in [0, 0.1) is 0 Å². The average molecular weight is 500 g/mol. The van der Waals surface area contributed by atoms with Crippen LogP contribution >= 0.6 is 11.8 Å². The van der Waals surface area contributed by atoms with Gasteiger partial charge >= 0.3 is 0 Å². The van der Waals surface area contributed by atoms with Crippen LogP contribution in [0.2, 0.25) is 0 Å². The number of hydrogen-bond donors (Lipinski definition) is 0. The van der Waals surface area contributed by atoms with E-state index >= 15 is 0 Å². The first kappa shape index (κ1) is 23.0. The molecule has 2 aromatic rings. The number of rotatable bonds is 4. The summed E-state index contributed by atoms with van der Waals surface area (Å²) in [6.45, 7) is 4.15. The number of thioether (sulfide) groups is 1. The highest BCUT2D eigenvalue weighted by molar-refractivity contribution is 8.00. The number of nitrogens with zero attached hydrogens (tertiary/aromatic N) is 5. The molecule has 36 heavy (non-hydrogen) atoms. The standard InChI is InChI=1S/C28H29N5O2S/c1-19(26(34)31-17-15-20-10-7-8-11-21(20)18-31)36-28-29-25-24(23-14-6-3-9-16-32(23)28)27(35)33(30-25)22-12-4-2-5-13-22/h2,4-5,7-8,10-13,19H,3,6,9,14-18H2,1H3/t19-/m0/s1. The lowest BCUT2D eigenvalue weighted by Gasteiger charge is -2.31. The Morgan fingerprint density at radius 2 is 1.72 bits per heavy atom. The van der Waals surface area contributed by atoms with E-state index in [1.165, 1.54) is 27.6 Å². The van der Waals surface area contributed by atoms with Crippen LogP contribution in [0.5, 0.6) is 0 Å². The molecule has 0 spiro atoms. The first-order chi connectivity index (χ1) is 17.6. The van der Waals surface area contributed by atoms with Crippen LogP contribution < -0.4 is 5.56 Å². The Hall–Kier alpha value is -3.39. The molecule has 0 aromatic heterocycles. The third kappa shape index (κ3) is 4.13. The molecule has 7 nitrogen and oxygen atoms in total. The second-order valence-corrected chi connectivity index (χ2v) is 10.9. The molecule has 4 heterocycles. The van der Waals surface area contributed by atoms with Crippen molar-refractivity contribution in [3.05, 3.63) is 81.8 Å². The average Bonchev–Trinajstić information content (AvgIpc) is 3.07. The molecule has 0 saturated heterocycles. The van der Waals surface area contributed by atoms with Gasteiger partial charge in [0.25, 0.3) is 5.56 Å². The molecule has 4 aliphatic rings. The maximum atomic E-state index is 13.5. The van der Waals surface area contributed by atoms with Crippen LogP contribution in [-0.2, 0) is 30.7 Å². The number of benzene rings is 2. The van der Waals surface area contributed by atoms with Crippen molar-refractivity contribution in [3.63, 3.8) is 0 Å². The molecule has 0 fully saturated rings. The van der Waals surface area contributed by atoms with Gasteiger partial charge in [-0.1, -0.05) is 60.6 Å². The molecule has 0 bridgehead atoms. The maximum Gasteiger partial charge on any atom is 0.284 e. The Bertz CT molecular complexity index is 1440. The zero-order chi connectivity index (χ0) is 24.6. The highest BCUT2D eigenvalue weighted by Crippen LogP contribution is 2.33. The van der Waals surface area contributed by atoms with Gasteiger partial charge in [-0.15, -0.1) is 5.10 Å². The van der Waals surface area contributed by atoms with Crippen LogP contribution in [0.25, 0.3) is 17.1 Å². The molecule has 2 aromatic carbocycles. The van der Waals surface area contributed by atoms with Crippen LogP contribution in [0.4, 0.5) is 0 Å². The van der Waals surface area contributed by atoms with Gasteiger partial charge in [0.1, 0.15) is 5.56 Å². The molecule has 0 radical (unpaired) electrons. The van der Waals surface area contributed by atoms with Gasteiger partial charge in [-0.3, -0.25) is 9.59 Å². The van der Waals surface area contributed by atoms with Gasteiger partial charge in [-0.25, -0.2) is 4.98 Å². The number of fused-ring (bicyclic) bond motifs is 4. The minimum atomic E-state index is -0.289. The molecule has 0 unspecified atom stereocenters. The van der Waals surface area contributed by atoms with Gasteiger partial charge in [0.05, 0.1) is 10.9 Å². The number of para-hydroxylation sites is 1. The van der Waals surface area contributed by atoms with Crippen molar-refractivity contribution in [2.75, 3.05) is 6.54 Å². The molecule has 0 aliphatic carbocycles. The number of aromatic nitrogens is 4. The Labute approximate surface area is 214 Å². The Morgan fingerprint density at radius 1 is 0.944 bits per heavy atom. The minimum absolute atomic E-state index is 0.123. The van der Waals surface area contributed by atoms with Gasteiger partial charge in [0.15, 0.2) is 11.0 Å². The molecular weight excluding hydrogens is 470 g/mol. The summed E-state index contributed by atoms with van der Waals surface area (Å²) in [7, 11) is 0. The topological polar surface area (TPSA) is 73.0 Å². The van der Waals surface area contributed by atoms with E-state index in [-0.39, 0.29) is 16.7 Å². The molecule has 184 valence electrons. The molecule has 8 heteroatoms. The molecule has 0 N–H and O–H groups in total. The van der Waals surface area contributed by atoms with Gasteiger partial charge < -0.3 is 9.47 Å². The SMILES string of the molecule is C[C@H](Sc1nc2nn(-c3ccccc3)c(=O)c-2c2n1CCCCC2)C(=O)N1CCc2ccccc2C1. The number of carbonyl (C=O) groups is 1. The quantitative estimate of drug-likeness (QED) is 0.309. The Morgan fingerprint density at radius 3 is 2.56 bits per heavy atom. The van der Waals surface area contributed by atoms with Crippen LogP contribution in [0.1, 0.15) is 43.0 Å². The van der Waals surface area contributed by atoms with E-state index in [1.54, 1.807) is 0 Å². The van der Waals surface area contributed by atoms with Crippen LogP contribution in [0.15, 0.2) is 64.5 Å². The normalized spacial score (nSPS) is 16.3. The molecule has 6 rings (SSSR count). The number of hydrogen-bond acceptors (Lipinski definition) is 5. The highest BCUT2D eigenvalue weighted by Gasteiger charge is 2.30. The van der Waals surface area contributed by atoms with E-state index < -0.39 is 0 Å². The fraction of sp³-hybridized carbons (Fsp3) is 0.357. The summed E-state index contributed by atoms with van der Waals surface area (Å²) < 4.78 is 3.63. The fourth-order valence-corrected chi connectivity index (χ4v) is 6.37. The van der Waals surface area contributed by atoms with E-state index in [0.717, 1.165) is 61.7 Å². The zero-order valence-corrected chi connectivity index (χ0v) is 21.2. The molecule has 1 atom stereocenters. The molecular formula is C28H29N5O2S. The summed E-state index contributed by atoms with van der Waals surface area (Å²) in [5.74, 6) is 0.588. The van der Waals surface area contributed by atoms with Gasteiger partial charge in [0.2, 0.25) is 5.91 Å². The summed E-state index contributed by atoms with van der Waals surface area (Å²) in [4.78, 5) is 33.7. The third-order valence-electron chi connectivity index (χ3n) is 7.24. The fourth-order valence-electron chi connectivity index (χ4n) is 5.34. The Kier molecular flexibility index (Phi) is 6.13. The van der Waals surface area contributed by atoms with E-state index in [0.29, 0.717) is 17.9 Å². The van der Waals surface area contributed by atoms with Gasteiger partial charge in [0, 0.05) is 25.3 Å². The van der Waals surface area contributed by atoms with E-state index in [1.807, 2.05) is 48.2 Å². The van der Waals surface area contributed by atoms with Crippen molar-refractivity contribution >= 4 is 17.7 Å². The number of amides is 1. The summed E-state index contributed by atoms with van der Waals surface area (Å²) in [5, 5.41) is 5.10. The molecule has 0 saturated carbocycles. The third-order valence-corrected chi connectivity index (χ3v) is 8.32. The van der Waals surface area contributed by atoms with Gasteiger partial charge in [-0.05, 0) is 55.9 Å². The predicted molar refractivity (Wildman–Crippen MR) is 141 cm³/mol. The number of carbonyl (C=O) groups excluding carboxylic acids is 1. The molecule has 1 amide bonds.